The molecule has 0 radical (unpaired) electrons. The fraction of sp³-hybridized carbons (Fsp3) is 0.0250. The van der Waals surface area contributed by atoms with Crippen LogP contribution in [0.3, 0.4) is 0 Å². The van der Waals surface area contributed by atoms with Crippen LogP contribution in [0.2, 0.25) is 0 Å². The number of fused-ring (bicyclic) bond motifs is 22. The van der Waals surface area contributed by atoms with Gasteiger partial charge in [-0.25, -0.2) is 0 Å². The second-order valence-corrected chi connectivity index (χ2v) is 22.6. The number of para-hydroxylation sites is 3. The molecule has 0 amide bonds. The molecule has 2 heterocycles. The van der Waals surface area contributed by atoms with Crippen LogP contribution >= 0.6 is 0 Å². The maximum absolute atomic E-state index is 2.53. The van der Waals surface area contributed by atoms with Crippen LogP contribution in [0.25, 0.3) is 94.3 Å². The number of hydrogen-bond donors (Lipinski definition) is 0. The molecule has 3 aliphatic carbocycles. The van der Waals surface area contributed by atoms with Crippen molar-refractivity contribution < 1.29 is 0 Å². The van der Waals surface area contributed by atoms with Gasteiger partial charge in [-0.1, -0.05) is 261 Å². The van der Waals surface area contributed by atoms with Gasteiger partial charge in [0.25, 0.3) is 0 Å². The summed E-state index contributed by atoms with van der Waals surface area (Å²) in [5, 5.41) is 2.57. The van der Waals surface area contributed by atoms with Crippen molar-refractivity contribution in [2.45, 2.75) is 10.8 Å². The van der Waals surface area contributed by atoms with E-state index in [1.165, 1.54) is 139 Å². The van der Waals surface area contributed by atoms with Crippen LogP contribution in [0.15, 0.2) is 303 Å². The van der Waals surface area contributed by atoms with Gasteiger partial charge < -0.3 is 9.47 Å². The average molecular weight is 1040 g/mol. The van der Waals surface area contributed by atoms with Crippen molar-refractivity contribution in [2.75, 3.05) is 4.90 Å². The van der Waals surface area contributed by atoms with Crippen molar-refractivity contribution in [1.29, 1.82) is 0 Å². The predicted octanol–water partition coefficient (Wildman–Crippen LogP) is 20.3. The lowest BCUT2D eigenvalue weighted by molar-refractivity contribution is 0.748. The zero-order valence-electron chi connectivity index (χ0n) is 44.8. The van der Waals surface area contributed by atoms with Crippen LogP contribution < -0.4 is 4.90 Å². The first-order valence-corrected chi connectivity index (χ1v) is 28.7. The Kier molecular flexibility index (Phi) is 9.39. The third-order valence-corrected chi connectivity index (χ3v) is 18.8. The quantitative estimate of drug-likeness (QED) is 0.161. The number of rotatable bonds is 6. The molecule has 4 aliphatic rings. The molecule has 82 heavy (non-hydrogen) atoms. The molecule has 0 bridgehead atoms. The van der Waals surface area contributed by atoms with E-state index in [1.807, 2.05) is 0 Å². The molecule has 1 unspecified atom stereocenters. The Morgan fingerprint density at radius 3 is 1.29 bits per heavy atom. The van der Waals surface area contributed by atoms with E-state index in [-0.39, 0.29) is 0 Å². The highest BCUT2D eigenvalue weighted by atomic mass is 15.1. The lowest BCUT2D eigenvalue weighted by atomic mass is 9.65. The summed E-state index contributed by atoms with van der Waals surface area (Å²) in [6.07, 6.45) is 0. The summed E-state index contributed by atoms with van der Waals surface area (Å²) >= 11 is 0. The Balaban J connectivity index is 0.822. The SMILES string of the molecule is c1ccc(-c2ccc(-c3ccc(N(c4ccc(-c5cccc6c5-c5ccccc5C65c6ccccc6-n6c7ccccc7c7cccc5c76)cc4)c4cccc5c4-c4ccccc4C54c5ccccc5-c5ccccc54)cc3)cc2)cc1. The highest BCUT2D eigenvalue weighted by Crippen LogP contribution is 2.66. The van der Waals surface area contributed by atoms with Gasteiger partial charge in [0, 0.05) is 27.7 Å². The molecule has 2 nitrogen and oxygen atoms in total. The largest absolute Gasteiger partial charge is 0.310 e. The van der Waals surface area contributed by atoms with Gasteiger partial charge in [0.2, 0.25) is 0 Å². The van der Waals surface area contributed by atoms with E-state index in [9.17, 15) is 0 Å². The molecule has 2 spiro atoms. The summed E-state index contributed by atoms with van der Waals surface area (Å²) in [5.74, 6) is 0. The van der Waals surface area contributed by atoms with E-state index < -0.39 is 10.8 Å². The fourth-order valence-corrected chi connectivity index (χ4v) is 15.7. The molecule has 2 heteroatoms. The van der Waals surface area contributed by atoms with Gasteiger partial charge in [0.1, 0.15) is 0 Å². The van der Waals surface area contributed by atoms with Crippen LogP contribution in [-0.2, 0) is 10.8 Å². The second kappa shape index (κ2) is 17.0. The lowest BCUT2D eigenvalue weighted by Gasteiger charge is -2.39. The van der Waals surface area contributed by atoms with E-state index in [1.54, 1.807) is 0 Å². The molecule has 1 atom stereocenters. The van der Waals surface area contributed by atoms with Crippen molar-refractivity contribution >= 4 is 38.9 Å². The monoisotopic (exact) mass is 1040 g/mol. The van der Waals surface area contributed by atoms with Gasteiger partial charge >= 0.3 is 0 Å². The summed E-state index contributed by atoms with van der Waals surface area (Å²) in [7, 11) is 0. The molecule has 1 aliphatic heterocycles. The molecule has 13 aromatic carbocycles. The van der Waals surface area contributed by atoms with E-state index in [2.05, 4.69) is 313 Å². The predicted molar refractivity (Wildman–Crippen MR) is 339 cm³/mol. The summed E-state index contributed by atoms with van der Waals surface area (Å²) in [5.41, 5.74) is 31.6. The Labute approximate surface area is 476 Å². The Hall–Kier alpha value is -10.5. The normalized spacial score (nSPS) is 15.0. The number of nitrogens with zero attached hydrogens (tertiary/aromatic N) is 2. The third kappa shape index (κ3) is 5.87. The molecule has 14 aromatic rings. The van der Waals surface area contributed by atoms with Crippen molar-refractivity contribution in [2.24, 2.45) is 0 Å². The smallest absolute Gasteiger partial charge is 0.0754 e. The van der Waals surface area contributed by atoms with Crippen molar-refractivity contribution in [3.8, 4) is 72.4 Å². The standard InChI is InChI=1S/C80H50N2/c1-2-19-51(20-3-1)52-39-41-53(42-40-52)54-43-47-56(48-44-54)81(75-38-18-34-71-77(75)64-25-7-12-31-68(64)79(71)65-28-9-4-21-59(65)60-22-5-10-29-66(60)79)57-49-45-55(46-50-57)58-26-16-33-70-76(58)63-24-6-11-30-67(63)80(70)69-32-13-15-37-74(69)82-73-36-14-8-23-61(73)62-27-17-35-72(80)78(62)82/h1-50H. The minimum Gasteiger partial charge on any atom is -0.310 e. The van der Waals surface area contributed by atoms with Gasteiger partial charge in [-0.2, -0.15) is 0 Å². The van der Waals surface area contributed by atoms with Crippen molar-refractivity contribution in [3.05, 3.63) is 348 Å². The van der Waals surface area contributed by atoms with E-state index in [0.717, 1.165) is 17.1 Å². The van der Waals surface area contributed by atoms with Crippen molar-refractivity contribution in [3.63, 3.8) is 0 Å². The Bertz CT molecular complexity index is 4920. The molecule has 1 aromatic heterocycles. The Morgan fingerprint density at radius 2 is 0.646 bits per heavy atom. The number of hydrogen-bond acceptors (Lipinski definition) is 1. The van der Waals surface area contributed by atoms with Gasteiger partial charge in [0.05, 0.1) is 33.2 Å². The van der Waals surface area contributed by atoms with Gasteiger partial charge in [0.15, 0.2) is 0 Å². The maximum Gasteiger partial charge on any atom is 0.0754 e. The number of anilines is 3. The zero-order chi connectivity index (χ0) is 53.7. The van der Waals surface area contributed by atoms with Crippen LogP contribution in [0.5, 0.6) is 0 Å². The van der Waals surface area contributed by atoms with Crippen LogP contribution in [-0.4, -0.2) is 4.57 Å². The summed E-state index contributed by atoms with van der Waals surface area (Å²) in [4.78, 5) is 2.51. The number of benzene rings is 13. The summed E-state index contributed by atoms with van der Waals surface area (Å²) < 4.78 is 2.53. The van der Waals surface area contributed by atoms with Crippen LogP contribution in [0, 0.1) is 0 Å². The minimum atomic E-state index is -0.531. The van der Waals surface area contributed by atoms with Crippen LogP contribution in [0.4, 0.5) is 17.1 Å². The fourth-order valence-electron chi connectivity index (χ4n) is 15.7. The molecule has 18 rings (SSSR count). The minimum absolute atomic E-state index is 0.470. The first-order chi connectivity index (χ1) is 40.7. The molecule has 380 valence electrons. The van der Waals surface area contributed by atoms with Gasteiger partial charge in [-0.3, -0.25) is 0 Å². The van der Waals surface area contributed by atoms with E-state index in [0.29, 0.717) is 0 Å². The Morgan fingerprint density at radius 1 is 0.244 bits per heavy atom. The van der Waals surface area contributed by atoms with E-state index >= 15 is 0 Å². The third-order valence-electron chi connectivity index (χ3n) is 18.8. The number of aromatic nitrogens is 1. The van der Waals surface area contributed by atoms with Gasteiger partial charge in [-0.15, -0.1) is 0 Å². The average Bonchev–Trinajstić information content (AvgIpc) is 1.83. The highest BCUT2D eigenvalue weighted by Gasteiger charge is 2.53. The molecule has 0 N–H and O–H groups in total. The first kappa shape index (κ1) is 45.3. The summed E-state index contributed by atoms with van der Waals surface area (Å²) in [6.45, 7) is 0. The molecule has 0 fully saturated rings. The molecule has 0 saturated heterocycles. The summed E-state index contributed by atoms with van der Waals surface area (Å²) in [6, 6.07) is 114. The highest BCUT2D eigenvalue weighted by molar-refractivity contribution is 6.13. The second-order valence-electron chi connectivity index (χ2n) is 22.6. The van der Waals surface area contributed by atoms with Crippen LogP contribution in [0.1, 0.15) is 44.5 Å². The first-order valence-electron chi connectivity index (χ1n) is 28.7. The molecule has 0 saturated carbocycles. The van der Waals surface area contributed by atoms with Gasteiger partial charge in [-0.05, 0) is 148 Å². The van der Waals surface area contributed by atoms with E-state index in [4.69, 9.17) is 0 Å². The molecular formula is C80H50N2. The zero-order valence-corrected chi connectivity index (χ0v) is 44.8. The topological polar surface area (TPSA) is 8.17 Å². The maximum atomic E-state index is 2.53. The molecular weight excluding hydrogens is 989 g/mol. The lowest BCUT2D eigenvalue weighted by Crippen LogP contribution is -2.33. The van der Waals surface area contributed by atoms with Crippen molar-refractivity contribution in [1.82, 2.24) is 4.57 Å².